The van der Waals surface area contributed by atoms with Gasteiger partial charge in [0.05, 0.1) is 0 Å². The molecule has 2 aromatic heterocycles. The SMILES string of the molecule is CCCCc1ccc2cccc(O)c2n1.CCCCc1ccc2cccc(O)c2n1.[Co]. The van der Waals surface area contributed by atoms with Gasteiger partial charge in [-0.15, -0.1) is 0 Å². The molecule has 2 aromatic carbocycles. The van der Waals surface area contributed by atoms with E-state index >= 15 is 0 Å². The van der Waals surface area contributed by atoms with Crippen LogP contribution >= 0.6 is 0 Å². The Morgan fingerprint density at radius 2 is 1.03 bits per heavy atom. The fourth-order valence-corrected chi connectivity index (χ4v) is 3.34. The van der Waals surface area contributed by atoms with E-state index in [9.17, 15) is 10.2 Å². The van der Waals surface area contributed by atoms with Crippen LogP contribution in [0.1, 0.15) is 50.9 Å². The third kappa shape index (κ3) is 6.67. The number of phenols is 2. The largest absolute Gasteiger partial charge is 0.506 e. The molecule has 4 rings (SSSR count). The van der Waals surface area contributed by atoms with E-state index < -0.39 is 0 Å². The van der Waals surface area contributed by atoms with Gasteiger partial charge < -0.3 is 10.2 Å². The number of nitrogens with zero attached hydrogens (tertiary/aromatic N) is 2. The van der Waals surface area contributed by atoms with E-state index in [2.05, 4.69) is 23.8 Å². The van der Waals surface area contributed by atoms with E-state index in [1.165, 1.54) is 12.8 Å². The molecule has 31 heavy (non-hydrogen) atoms. The van der Waals surface area contributed by atoms with Crippen LogP contribution in [0.3, 0.4) is 0 Å². The van der Waals surface area contributed by atoms with Gasteiger partial charge in [0.1, 0.15) is 22.5 Å². The van der Waals surface area contributed by atoms with E-state index in [4.69, 9.17) is 0 Å². The third-order valence-corrected chi connectivity index (χ3v) is 5.09. The Balaban J connectivity index is 0.000000213. The molecule has 0 unspecified atom stereocenters. The molecule has 0 amide bonds. The molecule has 5 heteroatoms. The summed E-state index contributed by atoms with van der Waals surface area (Å²) in [6.07, 6.45) is 6.60. The van der Waals surface area contributed by atoms with Gasteiger partial charge in [-0.05, 0) is 49.9 Å². The number of aromatic nitrogens is 2. The Morgan fingerprint density at radius 1 is 0.613 bits per heavy atom. The minimum Gasteiger partial charge on any atom is -0.506 e. The van der Waals surface area contributed by atoms with Gasteiger partial charge in [0, 0.05) is 38.9 Å². The third-order valence-electron chi connectivity index (χ3n) is 5.09. The van der Waals surface area contributed by atoms with Gasteiger partial charge in [-0.2, -0.15) is 0 Å². The second-order valence-corrected chi connectivity index (χ2v) is 7.51. The molecule has 4 aromatic rings. The van der Waals surface area contributed by atoms with Gasteiger partial charge in [-0.3, -0.25) is 0 Å². The van der Waals surface area contributed by atoms with Gasteiger partial charge in [0.25, 0.3) is 0 Å². The number of hydrogen-bond donors (Lipinski definition) is 2. The molecule has 2 N–H and O–H groups in total. The van der Waals surface area contributed by atoms with Crippen LogP contribution < -0.4 is 0 Å². The van der Waals surface area contributed by atoms with Crippen molar-refractivity contribution in [3.8, 4) is 11.5 Å². The smallest absolute Gasteiger partial charge is 0.141 e. The predicted molar refractivity (Wildman–Crippen MR) is 124 cm³/mol. The molecule has 0 fully saturated rings. The minimum atomic E-state index is 0. The van der Waals surface area contributed by atoms with Crippen molar-refractivity contribution in [1.29, 1.82) is 0 Å². The van der Waals surface area contributed by atoms with Crippen LogP contribution in [0.2, 0.25) is 0 Å². The van der Waals surface area contributed by atoms with E-state index in [0.717, 1.165) is 47.8 Å². The molecule has 2 heterocycles. The number of para-hydroxylation sites is 2. The topological polar surface area (TPSA) is 66.2 Å². The molecular weight excluding hydrogens is 431 g/mol. The fourth-order valence-electron chi connectivity index (χ4n) is 3.34. The summed E-state index contributed by atoms with van der Waals surface area (Å²) >= 11 is 0. The van der Waals surface area contributed by atoms with Crippen LogP contribution in [-0.2, 0) is 29.6 Å². The molecule has 4 nitrogen and oxygen atoms in total. The molecule has 0 bridgehead atoms. The molecule has 0 atom stereocenters. The number of aryl methyl sites for hydroxylation is 2. The molecule has 0 spiro atoms. The zero-order chi connectivity index (χ0) is 21.3. The second-order valence-electron chi connectivity index (χ2n) is 7.51. The Morgan fingerprint density at radius 3 is 1.42 bits per heavy atom. The van der Waals surface area contributed by atoms with Crippen LogP contribution in [-0.4, -0.2) is 20.2 Å². The van der Waals surface area contributed by atoms with Crippen LogP contribution in [0.5, 0.6) is 11.5 Å². The summed E-state index contributed by atoms with van der Waals surface area (Å²) < 4.78 is 0. The number of fused-ring (bicyclic) bond motifs is 2. The Bertz CT molecular complexity index is 1030. The van der Waals surface area contributed by atoms with Crippen molar-refractivity contribution in [3.63, 3.8) is 0 Å². The maximum atomic E-state index is 9.66. The first-order chi connectivity index (χ1) is 14.6. The normalized spacial score (nSPS) is 10.4. The van der Waals surface area contributed by atoms with Gasteiger partial charge in [-0.1, -0.05) is 63.1 Å². The monoisotopic (exact) mass is 461 g/mol. The number of phenolic OH excluding ortho intramolecular Hbond substituents is 2. The van der Waals surface area contributed by atoms with Crippen molar-refractivity contribution < 1.29 is 27.0 Å². The molecular formula is C26H30CoN2O2. The maximum Gasteiger partial charge on any atom is 0.141 e. The average molecular weight is 461 g/mol. The van der Waals surface area contributed by atoms with Crippen molar-refractivity contribution in [2.75, 3.05) is 0 Å². The number of aromatic hydroxyl groups is 2. The zero-order valence-corrected chi connectivity index (χ0v) is 19.2. The first-order valence-corrected chi connectivity index (χ1v) is 10.8. The van der Waals surface area contributed by atoms with Gasteiger partial charge in [0.15, 0.2) is 0 Å². The molecule has 0 aliphatic rings. The van der Waals surface area contributed by atoms with Crippen molar-refractivity contribution in [1.82, 2.24) is 9.97 Å². The first-order valence-electron chi connectivity index (χ1n) is 10.8. The Kier molecular flexibility index (Phi) is 9.76. The maximum absolute atomic E-state index is 9.66. The molecule has 0 aliphatic carbocycles. The quantitative estimate of drug-likeness (QED) is 0.341. The van der Waals surface area contributed by atoms with E-state index in [1.807, 2.05) is 48.5 Å². The Hall–Kier alpha value is -2.63. The van der Waals surface area contributed by atoms with Crippen molar-refractivity contribution in [2.24, 2.45) is 0 Å². The number of benzene rings is 2. The van der Waals surface area contributed by atoms with Crippen LogP contribution in [0.25, 0.3) is 21.8 Å². The summed E-state index contributed by atoms with van der Waals surface area (Å²) in [7, 11) is 0. The Labute approximate surface area is 194 Å². The summed E-state index contributed by atoms with van der Waals surface area (Å²) in [5, 5.41) is 21.3. The van der Waals surface area contributed by atoms with Crippen molar-refractivity contribution in [2.45, 2.75) is 52.4 Å². The van der Waals surface area contributed by atoms with E-state index in [-0.39, 0.29) is 28.3 Å². The standard InChI is InChI=1S/2C13H15NO.Co/c2*1-2-3-6-11-9-8-10-5-4-7-12(15)13(10)14-11;/h2*4-5,7-9,15H,2-3,6H2,1H3;. The minimum absolute atomic E-state index is 0. The van der Waals surface area contributed by atoms with Crippen LogP contribution in [0.4, 0.5) is 0 Å². The van der Waals surface area contributed by atoms with Crippen LogP contribution in [0, 0.1) is 0 Å². The fraction of sp³-hybridized carbons (Fsp3) is 0.308. The number of pyridine rings is 2. The number of unbranched alkanes of at least 4 members (excludes halogenated alkanes) is 2. The second kappa shape index (κ2) is 12.3. The summed E-state index contributed by atoms with van der Waals surface area (Å²) in [6.45, 7) is 4.33. The van der Waals surface area contributed by atoms with Crippen LogP contribution in [0.15, 0.2) is 60.7 Å². The molecule has 1 radical (unpaired) electrons. The molecule has 0 saturated heterocycles. The van der Waals surface area contributed by atoms with Gasteiger partial charge in [0.2, 0.25) is 0 Å². The number of rotatable bonds is 6. The molecule has 165 valence electrons. The first kappa shape index (κ1) is 24.6. The van der Waals surface area contributed by atoms with E-state index in [1.54, 1.807) is 12.1 Å². The van der Waals surface area contributed by atoms with Gasteiger partial charge >= 0.3 is 0 Å². The summed E-state index contributed by atoms with van der Waals surface area (Å²) in [5.41, 5.74) is 3.55. The summed E-state index contributed by atoms with van der Waals surface area (Å²) in [6, 6.07) is 19.1. The van der Waals surface area contributed by atoms with E-state index in [0.29, 0.717) is 11.0 Å². The average Bonchev–Trinajstić information content (AvgIpc) is 2.77. The van der Waals surface area contributed by atoms with Gasteiger partial charge in [-0.25, -0.2) is 9.97 Å². The molecule has 0 aliphatic heterocycles. The summed E-state index contributed by atoms with van der Waals surface area (Å²) in [4.78, 5) is 8.92. The zero-order valence-electron chi connectivity index (χ0n) is 18.1. The predicted octanol–water partition coefficient (Wildman–Crippen LogP) is 6.56. The molecule has 0 saturated carbocycles. The van der Waals surface area contributed by atoms with Crippen molar-refractivity contribution in [3.05, 3.63) is 72.1 Å². The number of hydrogen-bond acceptors (Lipinski definition) is 4. The van der Waals surface area contributed by atoms with Crippen molar-refractivity contribution >= 4 is 21.8 Å². The summed E-state index contributed by atoms with van der Waals surface area (Å²) in [5.74, 6) is 0.539.